The highest BCUT2D eigenvalue weighted by Crippen LogP contribution is 2.01. The highest BCUT2D eigenvalue weighted by molar-refractivity contribution is 4.68. The van der Waals surface area contributed by atoms with Gasteiger partial charge in [-0.25, -0.2) is 0 Å². The van der Waals surface area contributed by atoms with Gasteiger partial charge < -0.3 is 4.74 Å². The maximum absolute atomic E-state index is 8.23. The fraction of sp³-hybridized carbons (Fsp3) is 0.778. The molecule has 0 fully saturated rings. The monoisotopic (exact) mass is 166 g/mol. The van der Waals surface area contributed by atoms with Gasteiger partial charge in [0.15, 0.2) is 0 Å². The second-order valence-electron chi connectivity index (χ2n) is 2.53. The topological polar surface area (TPSA) is 56.8 Å². The summed E-state index contributed by atoms with van der Waals surface area (Å²) in [7, 11) is 0. The molecule has 0 unspecified atom stereocenters. The van der Waals surface area contributed by atoms with Crippen molar-refractivity contribution in [3.05, 3.63) is 0 Å². The van der Waals surface area contributed by atoms with Crippen molar-refractivity contribution in [2.75, 3.05) is 13.2 Å². The summed E-state index contributed by atoms with van der Waals surface area (Å²) in [4.78, 5) is 0. The molecule has 0 amide bonds. The van der Waals surface area contributed by atoms with Gasteiger partial charge in [-0.15, -0.1) is 0 Å². The largest absolute Gasteiger partial charge is 0.367 e. The Bertz CT molecular complexity index is 146. The molecule has 0 aliphatic carbocycles. The van der Waals surface area contributed by atoms with Crippen LogP contribution < -0.4 is 0 Å². The van der Waals surface area contributed by atoms with E-state index in [1.165, 1.54) is 0 Å². The zero-order chi connectivity index (χ0) is 9.07. The van der Waals surface area contributed by atoms with E-state index in [0.717, 1.165) is 25.7 Å². The van der Waals surface area contributed by atoms with E-state index < -0.39 is 0 Å². The van der Waals surface area contributed by atoms with Gasteiger partial charge in [-0.05, 0) is 12.8 Å². The Morgan fingerprint density at radius 2 is 1.67 bits per heavy atom. The van der Waals surface area contributed by atoms with Crippen molar-refractivity contribution in [3.63, 3.8) is 0 Å². The van der Waals surface area contributed by atoms with E-state index in [2.05, 4.69) is 6.07 Å². The highest BCUT2D eigenvalue weighted by atomic mass is 16.5. The van der Waals surface area contributed by atoms with Crippen molar-refractivity contribution >= 4 is 0 Å². The first kappa shape index (κ1) is 10.9. The number of nitrogens with zero attached hydrogens (tertiary/aromatic N) is 2. The van der Waals surface area contributed by atoms with Gasteiger partial charge in [-0.1, -0.05) is 12.8 Å². The van der Waals surface area contributed by atoms with Gasteiger partial charge in [-0.3, -0.25) is 0 Å². The van der Waals surface area contributed by atoms with Crippen LogP contribution in [0.25, 0.3) is 0 Å². The Hall–Kier alpha value is -1.06. The predicted octanol–water partition coefficient (Wildman–Crippen LogP) is 2.00. The van der Waals surface area contributed by atoms with Crippen LogP contribution in [0.3, 0.4) is 0 Å². The van der Waals surface area contributed by atoms with Crippen LogP contribution in [0.2, 0.25) is 0 Å². The third-order valence-electron chi connectivity index (χ3n) is 1.49. The Labute approximate surface area is 73.6 Å². The van der Waals surface area contributed by atoms with E-state index in [4.69, 9.17) is 15.3 Å². The van der Waals surface area contributed by atoms with Crippen LogP contribution in [0.1, 0.15) is 32.1 Å². The van der Waals surface area contributed by atoms with Crippen LogP contribution in [0.15, 0.2) is 0 Å². The molecule has 0 spiro atoms. The van der Waals surface area contributed by atoms with Crippen molar-refractivity contribution in [1.29, 1.82) is 10.5 Å². The summed E-state index contributed by atoms with van der Waals surface area (Å²) in [6, 6.07) is 4.02. The average Bonchev–Trinajstić information content (AvgIpc) is 2.10. The number of hydrogen-bond acceptors (Lipinski definition) is 3. The molecule has 0 aromatic heterocycles. The van der Waals surface area contributed by atoms with Crippen LogP contribution in [0.4, 0.5) is 0 Å². The molecule has 0 N–H and O–H groups in total. The number of ether oxygens (including phenoxy) is 1. The summed E-state index contributed by atoms with van der Waals surface area (Å²) in [5.74, 6) is 0. The molecular weight excluding hydrogens is 152 g/mol. The van der Waals surface area contributed by atoms with Crippen LogP contribution in [0.5, 0.6) is 0 Å². The van der Waals surface area contributed by atoms with E-state index in [1.54, 1.807) is 0 Å². The maximum atomic E-state index is 8.23. The summed E-state index contributed by atoms with van der Waals surface area (Å²) in [6.45, 7) is 0.859. The summed E-state index contributed by atoms with van der Waals surface area (Å²) in [6.07, 6.45) is 4.80. The lowest BCUT2D eigenvalue weighted by molar-refractivity contribution is 0.160. The van der Waals surface area contributed by atoms with Crippen molar-refractivity contribution in [3.8, 4) is 12.1 Å². The summed E-state index contributed by atoms with van der Waals surface area (Å²) in [5, 5.41) is 16.4. The molecule has 0 aromatic rings. The van der Waals surface area contributed by atoms with Crippen LogP contribution in [-0.4, -0.2) is 13.2 Å². The third kappa shape index (κ3) is 8.94. The minimum absolute atomic E-state index is 0.193. The first-order valence-electron chi connectivity index (χ1n) is 4.23. The minimum atomic E-state index is 0.193. The fourth-order valence-corrected chi connectivity index (χ4v) is 0.880. The number of unbranched alkanes of at least 4 members (excludes halogenated alkanes) is 4. The molecule has 0 rings (SSSR count). The first-order chi connectivity index (χ1) is 5.91. The van der Waals surface area contributed by atoms with E-state index in [9.17, 15) is 0 Å². The molecule has 3 heteroatoms. The minimum Gasteiger partial charge on any atom is -0.367 e. The molecular formula is C9H14N2O. The summed E-state index contributed by atoms with van der Waals surface area (Å²) < 4.78 is 4.96. The molecule has 12 heavy (non-hydrogen) atoms. The second-order valence-corrected chi connectivity index (χ2v) is 2.53. The maximum Gasteiger partial charge on any atom is 0.133 e. The Morgan fingerprint density at radius 3 is 2.33 bits per heavy atom. The van der Waals surface area contributed by atoms with Gasteiger partial charge in [0.2, 0.25) is 0 Å². The summed E-state index contributed by atoms with van der Waals surface area (Å²) in [5.41, 5.74) is 0. The van der Waals surface area contributed by atoms with E-state index in [0.29, 0.717) is 13.0 Å². The van der Waals surface area contributed by atoms with Gasteiger partial charge in [0.05, 0.1) is 12.1 Å². The van der Waals surface area contributed by atoms with Crippen LogP contribution in [0, 0.1) is 22.7 Å². The van der Waals surface area contributed by atoms with Gasteiger partial charge in [0.1, 0.15) is 6.61 Å². The van der Waals surface area contributed by atoms with Crippen LogP contribution >= 0.6 is 0 Å². The Kier molecular flexibility index (Phi) is 9.06. The van der Waals surface area contributed by atoms with Gasteiger partial charge in [0, 0.05) is 13.0 Å². The van der Waals surface area contributed by atoms with E-state index in [-0.39, 0.29) is 6.61 Å². The lowest BCUT2D eigenvalue weighted by Crippen LogP contribution is -1.94. The van der Waals surface area contributed by atoms with Crippen molar-refractivity contribution in [2.24, 2.45) is 0 Å². The first-order valence-corrected chi connectivity index (χ1v) is 4.23. The molecule has 0 radical (unpaired) electrons. The van der Waals surface area contributed by atoms with Gasteiger partial charge in [0.25, 0.3) is 0 Å². The lowest BCUT2D eigenvalue weighted by Gasteiger charge is -1.98. The zero-order valence-corrected chi connectivity index (χ0v) is 7.25. The van der Waals surface area contributed by atoms with Crippen molar-refractivity contribution in [2.45, 2.75) is 32.1 Å². The third-order valence-corrected chi connectivity index (χ3v) is 1.49. The lowest BCUT2D eigenvalue weighted by atomic mass is 10.2. The quantitative estimate of drug-likeness (QED) is 0.543. The smallest absolute Gasteiger partial charge is 0.133 e. The molecule has 0 bridgehead atoms. The second kappa shape index (κ2) is 9.94. The van der Waals surface area contributed by atoms with Gasteiger partial charge in [-0.2, -0.15) is 10.5 Å². The van der Waals surface area contributed by atoms with E-state index in [1.807, 2.05) is 6.07 Å². The highest BCUT2D eigenvalue weighted by Gasteiger charge is 1.89. The fourth-order valence-electron chi connectivity index (χ4n) is 0.880. The molecule has 0 saturated carbocycles. The molecule has 0 atom stereocenters. The SMILES string of the molecule is N#CCCCCCCOCC#N. The van der Waals surface area contributed by atoms with Crippen molar-refractivity contribution < 1.29 is 4.74 Å². The molecule has 3 nitrogen and oxygen atoms in total. The Balaban J connectivity index is 2.84. The zero-order valence-electron chi connectivity index (χ0n) is 7.25. The molecule has 0 aliphatic rings. The van der Waals surface area contributed by atoms with E-state index >= 15 is 0 Å². The number of rotatable bonds is 7. The number of hydrogen-bond donors (Lipinski definition) is 0. The molecule has 0 heterocycles. The number of nitriles is 2. The standard InChI is InChI=1S/C9H14N2O/c10-6-4-2-1-3-5-8-12-9-7-11/h1-5,8-9H2. The normalized spacial score (nSPS) is 8.83. The molecule has 0 saturated heterocycles. The average molecular weight is 166 g/mol. The Morgan fingerprint density at radius 1 is 0.917 bits per heavy atom. The molecule has 66 valence electrons. The van der Waals surface area contributed by atoms with Gasteiger partial charge >= 0.3 is 0 Å². The van der Waals surface area contributed by atoms with Crippen molar-refractivity contribution in [1.82, 2.24) is 0 Å². The molecule has 0 aromatic carbocycles. The van der Waals surface area contributed by atoms with Crippen LogP contribution in [-0.2, 0) is 4.74 Å². The summed E-state index contributed by atoms with van der Waals surface area (Å²) >= 11 is 0. The predicted molar refractivity (Wildman–Crippen MR) is 45.1 cm³/mol. The molecule has 0 aliphatic heterocycles.